The standard InChI is InChI=1S/C11H17ClN4O2/c1-17-10-14-9(15-11(16-10)18-2)13-8-5-3-4-7(8)6-12/h7-8H,3-6H2,1-2H3,(H,13,14,15,16). The Labute approximate surface area is 111 Å². The summed E-state index contributed by atoms with van der Waals surface area (Å²) in [6, 6.07) is 0.786. The third-order valence-electron chi connectivity index (χ3n) is 3.13. The van der Waals surface area contributed by atoms with Crippen LogP contribution in [-0.2, 0) is 0 Å². The van der Waals surface area contributed by atoms with Crippen molar-refractivity contribution in [1.82, 2.24) is 15.0 Å². The molecule has 1 aliphatic carbocycles. The van der Waals surface area contributed by atoms with Gasteiger partial charge in [0.05, 0.1) is 14.2 Å². The number of alkyl halides is 1. The summed E-state index contributed by atoms with van der Waals surface area (Å²) >= 11 is 5.94. The van der Waals surface area contributed by atoms with Crippen molar-refractivity contribution in [3.8, 4) is 12.0 Å². The highest BCUT2D eigenvalue weighted by Gasteiger charge is 2.27. The van der Waals surface area contributed by atoms with Gasteiger partial charge in [0.2, 0.25) is 5.95 Å². The summed E-state index contributed by atoms with van der Waals surface area (Å²) in [5.74, 6) is 1.58. The van der Waals surface area contributed by atoms with Gasteiger partial charge in [-0.25, -0.2) is 0 Å². The SMILES string of the molecule is COc1nc(NC2CCCC2CCl)nc(OC)n1. The molecule has 0 radical (unpaired) electrons. The summed E-state index contributed by atoms with van der Waals surface area (Å²) in [7, 11) is 3.02. The minimum atomic E-state index is 0.241. The molecule has 2 atom stereocenters. The number of nitrogens with one attached hydrogen (secondary N) is 1. The van der Waals surface area contributed by atoms with Crippen molar-refractivity contribution in [2.75, 3.05) is 25.4 Å². The van der Waals surface area contributed by atoms with Gasteiger partial charge in [0.1, 0.15) is 0 Å². The van der Waals surface area contributed by atoms with Crippen LogP contribution < -0.4 is 14.8 Å². The Morgan fingerprint density at radius 2 is 1.83 bits per heavy atom. The molecule has 1 heterocycles. The molecule has 0 saturated heterocycles. The molecule has 2 rings (SSSR count). The number of nitrogens with zero attached hydrogens (tertiary/aromatic N) is 3. The van der Waals surface area contributed by atoms with Crippen LogP contribution in [0, 0.1) is 5.92 Å². The van der Waals surface area contributed by atoms with E-state index in [1.165, 1.54) is 20.6 Å². The van der Waals surface area contributed by atoms with E-state index in [4.69, 9.17) is 21.1 Å². The molecule has 0 bridgehead atoms. The van der Waals surface area contributed by atoms with Gasteiger partial charge in [-0.2, -0.15) is 9.97 Å². The molecule has 0 spiro atoms. The maximum Gasteiger partial charge on any atom is 0.324 e. The van der Waals surface area contributed by atoms with Gasteiger partial charge in [0, 0.05) is 11.9 Å². The lowest BCUT2D eigenvalue weighted by atomic mass is 10.1. The number of ether oxygens (including phenoxy) is 2. The van der Waals surface area contributed by atoms with E-state index >= 15 is 0 Å². The summed E-state index contributed by atoms with van der Waals surface area (Å²) in [6.07, 6.45) is 3.39. The van der Waals surface area contributed by atoms with Gasteiger partial charge in [-0.05, 0) is 18.8 Å². The first kappa shape index (κ1) is 13.1. The van der Waals surface area contributed by atoms with Crippen LogP contribution in [0.25, 0.3) is 0 Å². The number of aromatic nitrogens is 3. The summed E-state index contributed by atoms with van der Waals surface area (Å²) in [5.41, 5.74) is 0. The van der Waals surface area contributed by atoms with Gasteiger partial charge >= 0.3 is 12.0 Å². The van der Waals surface area contributed by atoms with Gasteiger partial charge in [0.15, 0.2) is 0 Å². The Hall–Kier alpha value is -1.30. The Kier molecular flexibility index (Phi) is 4.41. The second kappa shape index (κ2) is 6.04. The van der Waals surface area contributed by atoms with Gasteiger partial charge in [0.25, 0.3) is 0 Å². The van der Waals surface area contributed by atoms with Crippen molar-refractivity contribution in [1.29, 1.82) is 0 Å². The van der Waals surface area contributed by atoms with Crippen LogP contribution in [0.1, 0.15) is 19.3 Å². The second-order valence-electron chi connectivity index (χ2n) is 4.23. The van der Waals surface area contributed by atoms with Crippen molar-refractivity contribution < 1.29 is 9.47 Å². The molecule has 6 nitrogen and oxygen atoms in total. The molecule has 0 amide bonds. The second-order valence-corrected chi connectivity index (χ2v) is 4.54. The normalized spacial score (nSPS) is 22.8. The number of hydrogen-bond acceptors (Lipinski definition) is 6. The Morgan fingerprint density at radius 1 is 1.17 bits per heavy atom. The van der Waals surface area contributed by atoms with E-state index < -0.39 is 0 Å². The molecule has 0 aromatic carbocycles. The van der Waals surface area contributed by atoms with Gasteiger partial charge in [-0.3, -0.25) is 0 Å². The molecular formula is C11H17ClN4O2. The summed E-state index contributed by atoms with van der Waals surface area (Å²) in [5, 5.41) is 3.28. The molecule has 2 unspecified atom stereocenters. The first-order valence-electron chi connectivity index (χ1n) is 5.93. The summed E-state index contributed by atoms with van der Waals surface area (Å²) in [4.78, 5) is 12.3. The Bertz CT molecular complexity index is 382. The first-order chi connectivity index (χ1) is 8.76. The lowest BCUT2D eigenvalue weighted by Gasteiger charge is -2.18. The Balaban J connectivity index is 2.12. The smallest absolute Gasteiger partial charge is 0.324 e. The minimum Gasteiger partial charge on any atom is -0.467 e. The first-order valence-corrected chi connectivity index (χ1v) is 6.46. The van der Waals surface area contributed by atoms with Crippen molar-refractivity contribution in [2.24, 2.45) is 5.92 Å². The van der Waals surface area contributed by atoms with Crippen LogP contribution >= 0.6 is 11.6 Å². The van der Waals surface area contributed by atoms with Crippen LogP contribution in [-0.4, -0.2) is 41.1 Å². The number of anilines is 1. The number of rotatable bonds is 5. The average Bonchev–Trinajstić information content (AvgIpc) is 2.85. The van der Waals surface area contributed by atoms with E-state index in [9.17, 15) is 0 Å². The fourth-order valence-electron chi connectivity index (χ4n) is 2.16. The molecule has 100 valence electrons. The maximum absolute atomic E-state index is 5.94. The van der Waals surface area contributed by atoms with E-state index in [1.54, 1.807) is 0 Å². The number of halogens is 1. The third-order valence-corrected chi connectivity index (χ3v) is 3.53. The minimum absolute atomic E-state index is 0.241. The van der Waals surface area contributed by atoms with Crippen molar-refractivity contribution >= 4 is 17.5 Å². The van der Waals surface area contributed by atoms with Crippen molar-refractivity contribution in [3.05, 3.63) is 0 Å². The zero-order valence-corrected chi connectivity index (χ0v) is 11.3. The Morgan fingerprint density at radius 3 is 2.39 bits per heavy atom. The number of methoxy groups -OCH3 is 2. The van der Waals surface area contributed by atoms with Crippen molar-refractivity contribution in [2.45, 2.75) is 25.3 Å². The molecule has 1 fully saturated rings. The van der Waals surface area contributed by atoms with E-state index in [2.05, 4.69) is 20.3 Å². The number of hydrogen-bond donors (Lipinski definition) is 1. The zero-order valence-electron chi connectivity index (χ0n) is 10.5. The van der Waals surface area contributed by atoms with E-state index in [0.29, 0.717) is 23.8 Å². The molecule has 18 heavy (non-hydrogen) atoms. The molecule has 1 aliphatic rings. The molecule has 0 aliphatic heterocycles. The van der Waals surface area contributed by atoms with Crippen LogP contribution in [0.4, 0.5) is 5.95 Å². The molecule has 1 N–H and O–H groups in total. The van der Waals surface area contributed by atoms with Crippen LogP contribution in [0.3, 0.4) is 0 Å². The van der Waals surface area contributed by atoms with E-state index in [0.717, 1.165) is 12.8 Å². The largest absolute Gasteiger partial charge is 0.467 e. The highest BCUT2D eigenvalue weighted by Crippen LogP contribution is 2.29. The lowest BCUT2D eigenvalue weighted by Crippen LogP contribution is -2.26. The van der Waals surface area contributed by atoms with Crippen molar-refractivity contribution in [3.63, 3.8) is 0 Å². The summed E-state index contributed by atoms with van der Waals surface area (Å²) < 4.78 is 10.0. The topological polar surface area (TPSA) is 69.2 Å². The fraction of sp³-hybridized carbons (Fsp3) is 0.727. The predicted molar refractivity (Wildman–Crippen MR) is 68.4 cm³/mol. The van der Waals surface area contributed by atoms with E-state index in [-0.39, 0.29) is 12.0 Å². The van der Waals surface area contributed by atoms with Gasteiger partial charge in [-0.1, -0.05) is 6.42 Å². The van der Waals surface area contributed by atoms with Crippen LogP contribution in [0.15, 0.2) is 0 Å². The fourth-order valence-corrected chi connectivity index (χ4v) is 2.53. The molecule has 1 aromatic rings. The maximum atomic E-state index is 5.94. The van der Waals surface area contributed by atoms with Crippen LogP contribution in [0.5, 0.6) is 12.0 Å². The molecular weight excluding hydrogens is 256 g/mol. The highest BCUT2D eigenvalue weighted by atomic mass is 35.5. The molecule has 7 heteroatoms. The predicted octanol–water partition coefficient (Wildman–Crippen LogP) is 1.71. The molecule has 1 saturated carbocycles. The highest BCUT2D eigenvalue weighted by molar-refractivity contribution is 6.18. The third kappa shape index (κ3) is 2.93. The quantitative estimate of drug-likeness (QED) is 0.823. The molecule has 1 aromatic heterocycles. The average molecular weight is 273 g/mol. The van der Waals surface area contributed by atoms with Gasteiger partial charge in [-0.15, -0.1) is 16.6 Å². The lowest BCUT2D eigenvalue weighted by molar-refractivity contribution is 0.340. The van der Waals surface area contributed by atoms with Crippen LogP contribution in [0.2, 0.25) is 0 Å². The van der Waals surface area contributed by atoms with E-state index in [1.807, 2.05) is 0 Å². The summed E-state index contributed by atoms with van der Waals surface area (Å²) in [6.45, 7) is 0. The monoisotopic (exact) mass is 272 g/mol. The van der Waals surface area contributed by atoms with Gasteiger partial charge < -0.3 is 14.8 Å². The zero-order chi connectivity index (χ0) is 13.0.